The summed E-state index contributed by atoms with van der Waals surface area (Å²) in [4.78, 5) is 124. The largest absolute Gasteiger partial charge is 0.508 e. The molecule has 2 aliphatic heterocycles. The lowest BCUT2D eigenvalue weighted by molar-refractivity contribution is -0.145. The molecule has 13 N–H and O–H groups in total. The third-order valence-corrected chi connectivity index (χ3v) is 15.7. The van der Waals surface area contributed by atoms with Gasteiger partial charge in [0.2, 0.25) is 47.3 Å². The first-order chi connectivity index (χ1) is 31.8. The fraction of sp³-hybridized carbons (Fsp3) is 0.659. The molecule has 9 atom stereocenters. The van der Waals surface area contributed by atoms with Gasteiger partial charge in [-0.2, -0.15) is 0 Å². The Labute approximate surface area is 398 Å². The number of nitrogens with zero attached hydrogens (tertiary/aromatic N) is 1. The first-order valence-corrected chi connectivity index (χ1v) is 25.2. The van der Waals surface area contributed by atoms with Crippen LogP contribution in [0.15, 0.2) is 24.3 Å². The summed E-state index contributed by atoms with van der Waals surface area (Å²) in [6, 6.07) is -3.65. The molecule has 1 aromatic carbocycles. The summed E-state index contributed by atoms with van der Waals surface area (Å²) in [6.45, 7) is 4.94. The van der Waals surface area contributed by atoms with Crippen molar-refractivity contribution in [2.24, 2.45) is 17.4 Å². The number of phenols is 1. The van der Waals surface area contributed by atoms with Crippen LogP contribution in [-0.2, 0) is 49.6 Å². The number of hydrogen-bond acceptors (Lipinski definition) is 14. The minimum Gasteiger partial charge on any atom is -0.508 e. The highest BCUT2D eigenvalue weighted by atomic mass is 33.1. The van der Waals surface area contributed by atoms with Gasteiger partial charge in [-0.15, -0.1) is 0 Å². The average molecular weight is 978 g/mol. The summed E-state index contributed by atoms with van der Waals surface area (Å²) in [5.74, 6) is -8.56. The molecule has 1 aromatic rings. The Morgan fingerprint density at radius 3 is 2.13 bits per heavy atom. The van der Waals surface area contributed by atoms with Gasteiger partial charge in [-0.1, -0.05) is 73.3 Å². The maximum absolute atomic E-state index is 14.6. The van der Waals surface area contributed by atoms with Crippen molar-refractivity contribution in [3.05, 3.63) is 29.8 Å². The summed E-state index contributed by atoms with van der Waals surface area (Å²) < 4.78 is -0.700. The van der Waals surface area contributed by atoms with Crippen molar-refractivity contribution in [3.8, 4) is 5.75 Å². The maximum Gasteiger partial charge on any atom is 0.326 e. The highest BCUT2D eigenvalue weighted by molar-refractivity contribution is 8.77. The molecule has 3 fully saturated rings. The van der Waals surface area contributed by atoms with Crippen molar-refractivity contribution in [2.75, 3.05) is 18.8 Å². The maximum atomic E-state index is 14.6. The molecule has 3 aliphatic rings. The van der Waals surface area contributed by atoms with Gasteiger partial charge in [-0.05, 0) is 75.6 Å². The van der Waals surface area contributed by atoms with E-state index in [4.69, 9.17) is 11.5 Å². The van der Waals surface area contributed by atoms with E-state index in [0.717, 1.165) is 19.3 Å². The fourth-order valence-electron chi connectivity index (χ4n) is 8.40. The molecule has 0 bridgehead atoms. The lowest BCUT2D eigenvalue weighted by Gasteiger charge is -2.37. The number of nitrogens with two attached hydrogens (primary N) is 2. The molecule has 4 rings (SSSR count). The molecule has 372 valence electrons. The third-order valence-electron chi connectivity index (χ3n) is 12.4. The van der Waals surface area contributed by atoms with Crippen LogP contribution < -0.4 is 43.4 Å². The van der Waals surface area contributed by atoms with Gasteiger partial charge < -0.3 is 63.6 Å². The quantitative estimate of drug-likeness (QED) is 0.104. The summed E-state index contributed by atoms with van der Waals surface area (Å²) in [5, 5.41) is 46.1. The number of carboxylic acid groups (broad SMARTS) is 1. The number of benzene rings is 1. The van der Waals surface area contributed by atoms with E-state index in [1.807, 2.05) is 0 Å². The van der Waals surface area contributed by atoms with Crippen molar-refractivity contribution in [1.82, 2.24) is 36.8 Å². The molecule has 21 nitrogen and oxygen atoms in total. The second kappa shape index (κ2) is 25.9. The van der Waals surface area contributed by atoms with Crippen LogP contribution in [-0.4, -0.2) is 145 Å². The van der Waals surface area contributed by atoms with E-state index < -0.39 is 119 Å². The Morgan fingerprint density at radius 2 is 1.52 bits per heavy atom. The molecule has 1 spiro atoms. The molecule has 1 unspecified atom stereocenters. The standard InChI is InChI=1S/C44H67N9O12S2/c1-4-24(2)35-40(61)52-36(25(3)54)41(62)49-30(21-33(46)56)37(58)50-31(42(63)53-19-9-11-32(53)39(60)48-28(43(64)65)10-8-18-45)23-66-67-44(16-6-5-7-17-44)22-34(57)47-29(38(59)51-35)20-26-12-14-27(55)15-13-26/h12-15,24-25,28-32,35-36,54-55H,4-11,16-23,45H2,1-3H3,(H2,46,56)(H,47,57)(H,48,60)(H,49,62)(H,50,58)(H,51,59)(H,52,61)(H,64,65)/t24-,25+,28-,29-,30-,31-,32-,35-,36?/m0/s1. The summed E-state index contributed by atoms with van der Waals surface area (Å²) in [5.41, 5.74) is 11.7. The molecule has 23 heteroatoms. The van der Waals surface area contributed by atoms with E-state index in [9.17, 15) is 58.5 Å². The minimum absolute atomic E-state index is 0.00875. The van der Waals surface area contributed by atoms with Crippen LogP contribution in [0.25, 0.3) is 0 Å². The number of aromatic hydroxyl groups is 1. The van der Waals surface area contributed by atoms with E-state index in [-0.39, 0.29) is 50.3 Å². The van der Waals surface area contributed by atoms with E-state index >= 15 is 0 Å². The molecular formula is C44H67N9O12S2. The van der Waals surface area contributed by atoms with Crippen LogP contribution in [0.5, 0.6) is 5.75 Å². The van der Waals surface area contributed by atoms with Crippen molar-refractivity contribution < 1.29 is 58.5 Å². The number of aliphatic hydroxyl groups is 1. The molecular weight excluding hydrogens is 911 g/mol. The number of carbonyl (C=O) groups excluding carboxylic acids is 8. The molecule has 1 aliphatic carbocycles. The number of amides is 8. The van der Waals surface area contributed by atoms with E-state index in [1.54, 1.807) is 26.0 Å². The molecule has 2 heterocycles. The number of hydrogen-bond donors (Lipinski definition) is 11. The first kappa shape index (κ1) is 54.5. The Hall–Kier alpha value is -5.13. The van der Waals surface area contributed by atoms with Crippen LogP contribution in [0.3, 0.4) is 0 Å². The monoisotopic (exact) mass is 977 g/mol. The number of phenolic OH excluding ortho intramolecular Hbond substituents is 1. The van der Waals surface area contributed by atoms with Gasteiger partial charge >= 0.3 is 5.97 Å². The number of nitrogens with one attached hydrogen (secondary N) is 6. The van der Waals surface area contributed by atoms with Crippen LogP contribution in [0, 0.1) is 5.92 Å². The van der Waals surface area contributed by atoms with Gasteiger partial charge in [0, 0.05) is 29.9 Å². The Bertz CT molecular complexity index is 1940. The normalized spacial score (nSPS) is 26.1. The second-order valence-corrected chi connectivity index (χ2v) is 20.5. The second-order valence-electron chi connectivity index (χ2n) is 17.7. The van der Waals surface area contributed by atoms with Gasteiger partial charge in [-0.25, -0.2) is 4.79 Å². The smallest absolute Gasteiger partial charge is 0.326 e. The summed E-state index contributed by atoms with van der Waals surface area (Å²) in [7, 11) is 2.54. The number of carbonyl (C=O) groups is 9. The predicted molar refractivity (Wildman–Crippen MR) is 249 cm³/mol. The Balaban J connectivity index is 1.76. The van der Waals surface area contributed by atoms with Crippen molar-refractivity contribution in [2.45, 2.75) is 157 Å². The van der Waals surface area contributed by atoms with Gasteiger partial charge in [-0.3, -0.25) is 38.4 Å². The number of primary amides is 1. The molecule has 1 saturated carbocycles. The van der Waals surface area contributed by atoms with Crippen molar-refractivity contribution in [3.63, 3.8) is 0 Å². The van der Waals surface area contributed by atoms with Crippen LogP contribution in [0.4, 0.5) is 0 Å². The van der Waals surface area contributed by atoms with Crippen LogP contribution in [0.1, 0.15) is 103 Å². The van der Waals surface area contributed by atoms with E-state index in [0.29, 0.717) is 37.7 Å². The van der Waals surface area contributed by atoms with Crippen molar-refractivity contribution >= 4 is 74.8 Å². The van der Waals surface area contributed by atoms with E-state index in [1.165, 1.54) is 45.5 Å². The van der Waals surface area contributed by atoms with Gasteiger partial charge in [0.25, 0.3) is 0 Å². The SMILES string of the molecule is CC[C@H](C)[C@@H]1NC(=O)[C@H](Cc2ccc(O)cc2)NC(=O)CC2(CCCCC2)SSC[C@@H](C(=O)N2CCC[C@H]2C(=O)N[C@@H](CCCN)C(=O)O)NC(=O)[C@H](CC(N)=O)NC(=O)C([C@@H](C)O)NC1=O. The topological polar surface area (TPSA) is 342 Å². The predicted octanol–water partition coefficient (Wildman–Crippen LogP) is -0.552. The number of carboxylic acids is 1. The van der Waals surface area contributed by atoms with Crippen LogP contribution >= 0.6 is 21.6 Å². The number of likely N-dealkylation sites (tertiary alicyclic amines) is 1. The zero-order chi connectivity index (χ0) is 49.4. The lowest BCUT2D eigenvalue weighted by atomic mass is 9.85. The van der Waals surface area contributed by atoms with Crippen molar-refractivity contribution in [1.29, 1.82) is 0 Å². The highest BCUT2D eigenvalue weighted by Gasteiger charge is 2.42. The summed E-state index contributed by atoms with van der Waals surface area (Å²) >= 11 is 0. The first-order valence-electron chi connectivity index (χ1n) is 22.9. The Morgan fingerprint density at radius 1 is 0.881 bits per heavy atom. The Kier molecular flexibility index (Phi) is 21.0. The number of aliphatic hydroxyl groups excluding tert-OH is 1. The van der Waals surface area contributed by atoms with Gasteiger partial charge in [0.15, 0.2) is 0 Å². The molecule has 67 heavy (non-hydrogen) atoms. The number of aliphatic carboxylic acids is 1. The molecule has 8 amide bonds. The zero-order valence-electron chi connectivity index (χ0n) is 38.3. The highest BCUT2D eigenvalue weighted by Crippen LogP contribution is 2.48. The number of rotatable bonds is 14. The molecule has 0 aromatic heterocycles. The summed E-state index contributed by atoms with van der Waals surface area (Å²) in [6.07, 6.45) is 2.55. The van der Waals surface area contributed by atoms with Crippen LogP contribution in [0.2, 0.25) is 0 Å². The van der Waals surface area contributed by atoms with E-state index in [2.05, 4.69) is 31.9 Å². The fourth-order valence-corrected chi connectivity index (χ4v) is 11.8. The van der Waals surface area contributed by atoms with Gasteiger partial charge in [0.1, 0.15) is 48.0 Å². The average Bonchev–Trinajstić information content (AvgIpc) is 3.78. The van der Waals surface area contributed by atoms with Gasteiger partial charge in [0.05, 0.1) is 12.5 Å². The zero-order valence-corrected chi connectivity index (χ0v) is 39.9. The third kappa shape index (κ3) is 16.0. The lowest BCUT2D eigenvalue weighted by Crippen LogP contribution is -2.63. The molecule has 0 radical (unpaired) electrons. The molecule has 2 saturated heterocycles. The minimum atomic E-state index is -1.74.